The maximum atomic E-state index is 11.0. The highest BCUT2D eigenvalue weighted by atomic mass is 79.9. The molecule has 0 bridgehead atoms. The van der Waals surface area contributed by atoms with Gasteiger partial charge in [0.1, 0.15) is 5.75 Å². The standard InChI is InChI=1S/C10H12BrNO3/c1-15-10(14)5-8(12)6-2-3-9(13)7(11)4-6/h2-4,8,13H,5,12H2,1H3/t8-/m0/s1. The van der Waals surface area contributed by atoms with E-state index in [-0.39, 0.29) is 18.1 Å². The minimum Gasteiger partial charge on any atom is -0.507 e. The lowest BCUT2D eigenvalue weighted by molar-refractivity contribution is -0.141. The molecule has 0 heterocycles. The topological polar surface area (TPSA) is 72.5 Å². The SMILES string of the molecule is COC(=O)C[C@H](N)c1ccc(O)c(Br)c1. The number of ether oxygens (including phenoxy) is 1. The molecule has 0 aliphatic heterocycles. The summed E-state index contributed by atoms with van der Waals surface area (Å²) in [5.41, 5.74) is 6.56. The summed E-state index contributed by atoms with van der Waals surface area (Å²) < 4.78 is 5.07. The van der Waals surface area contributed by atoms with Gasteiger partial charge in [-0.25, -0.2) is 0 Å². The summed E-state index contributed by atoms with van der Waals surface area (Å²) in [6.45, 7) is 0. The number of hydrogen-bond acceptors (Lipinski definition) is 4. The molecule has 0 aliphatic carbocycles. The van der Waals surface area contributed by atoms with E-state index < -0.39 is 6.04 Å². The van der Waals surface area contributed by atoms with Crippen LogP contribution in [0.2, 0.25) is 0 Å². The van der Waals surface area contributed by atoms with Gasteiger partial charge in [-0.2, -0.15) is 0 Å². The predicted molar refractivity (Wildman–Crippen MR) is 59.4 cm³/mol. The highest BCUT2D eigenvalue weighted by Gasteiger charge is 2.12. The van der Waals surface area contributed by atoms with Crippen molar-refractivity contribution in [3.05, 3.63) is 28.2 Å². The lowest BCUT2D eigenvalue weighted by Gasteiger charge is -2.11. The van der Waals surface area contributed by atoms with Crippen LogP contribution < -0.4 is 5.73 Å². The molecule has 15 heavy (non-hydrogen) atoms. The molecule has 1 aromatic carbocycles. The summed E-state index contributed by atoms with van der Waals surface area (Å²) in [5, 5.41) is 9.27. The van der Waals surface area contributed by atoms with Crippen LogP contribution in [0.15, 0.2) is 22.7 Å². The Morgan fingerprint density at radius 3 is 2.87 bits per heavy atom. The van der Waals surface area contributed by atoms with E-state index in [1.807, 2.05) is 0 Å². The lowest BCUT2D eigenvalue weighted by Crippen LogP contribution is -2.16. The maximum Gasteiger partial charge on any atom is 0.307 e. The van der Waals surface area contributed by atoms with E-state index in [1.54, 1.807) is 12.1 Å². The third kappa shape index (κ3) is 3.21. The molecule has 0 saturated heterocycles. The number of halogens is 1. The molecule has 0 saturated carbocycles. The number of rotatable bonds is 3. The average Bonchev–Trinajstić information content (AvgIpc) is 2.21. The Bertz CT molecular complexity index is 368. The molecule has 0 spiro atoms. The minimum atomic E-state index is -0.422. The molecule has 1 aromatic rings. The van der Waals surface area contributed by atoms with Crippen molar-refractivity contribution < 1.29 is 14.6 Å². The zero-order valence-corrected chi connectivity index (χ0v) is 9.82. The van der Waals surface area contributed by atoms with Crippen LogP contribution in [0, 0.1) is 0 Å². The smallest absolute Gasteiger partial charge is 0.307 e. The van der Waals surface area contributed by atoms with Gasteiger partial charge in [-0.05, 0) is 33.6 Å². The first-order valence-corrected chi connectivity index (χ1v) is 5.14. The fourth-order valence-electron chi connectivity index (χ4n) is 1.13. The molecule has 0 amide bonds. The van der Waals surface area contributed by atoms with Crippen molar-refractivity contribution >= 4 is 21.9 Å². The quantitative estimate of drug-likeness (QED) is 0.823. The van der Waals surface area contributed by atoms with Crippen molar-refractivity contribution in [3.8, 4) is 5.75 Å². The third-order valence-electron chi connectivity index (χ3n) is 2.01. The molecule has 4 nitrogen and oxygen atoms in total. The number of phenolic OH excluding ortho intramolecular Hbond substituents is 1. The monoisotopic (exact) mass is 273 g/mol. The molecule has 1 atom stereocenters. The van der Waals surface area contributed by atoms with Crippen molar-refractivity contribution in [2.24, 2.45) is 5.73 Å². The van der Waals surface area contributed by atoms with Gasteiger partial charge in [0.25, 0.3) is 0 Å². The van der Waals surface area contributed by atoms with E-state index in [2.05, 4.69) is 20.7 Å². The first kappa shape index (κ1) is 12.0. The minimum absolute atomic E-state index is 0.119. The molecule has 0 radical (unpaired) electrons. The van der Waals surface area contributed by atoms with Gasteiger partial charge in [0.15, 0.2) is 0 Å². The summed E-state index contributed by atoms with van der Waals surface area (Å²) >= 11 is 3.18. The fraction of sp³-hybridized carbons (Fsp3) is 0.300. The highest BCUT2D eigenvalue weighted by molar-refractivity contribution is 9.10. The van der Waals surface area contributed by atoms with Crippen LogP contribution >= 0.6 is 15.9 Å². The van der Waals surface area contributed by atoms with Crippen LogP contribution in [0.25, 0.3) is 0 Å². The number of methoxy groups -OCH3 is 1. The Hall–Kier alpha value is -1.07. The van der Waals surface area contributed by atoms with Gasteiger partial charge in [-0.1, -0.05) is 6.07 Å². The summed E-state index contributed by atoms with van der Waals surface area (Å²) in [6.07, 6.45) is 0.119. The lowest BCUT2D eigenvalue weighted by atomic mass is 10.0. The second-order valence-corrected chi connectivity index (χ2v) is 3.95. The maximum absolute atomic E-state index is 11.0. The van der Waals surface area contributed by atoms with Crippen molar-refractivity contribution in [1.82, 2.24) is 0 Å². The summed E-state index contributed by atoms with van der Waals surface area (Å²) in [5.74, 6) is -0.212. The van der Waals surface area contributed by atoms with Gasteiger partial charge in [0.05, 0.1) is 18.0 Å². The summed E-state index contributed by atoms with van der Waals surface area (Å²) in [4.78, 5) is 11.0. The van der Waals surface area contributed by atoms with Gasteiger partial charge >= 0.3 is 5.97 Å². The first-order chi connectivity index (χ1) is 7.04. The summed E-state index contributed by atoms with van der Waals surface area (Å²) in [7, 11) is 1.32. The predicted octanol–water partition coefficient (Wildman–Crippen LogP) is 1.72. The largest absolute Gasteiger partial charge is 0.507 e. The Kier molecular flexibility index (Phi) is 4.11. The van der Waals surface area contributed by atoms with E-state index in [0.29, 0.717) is 4.47 Å². The van der Waals surface area contributed by atoms with E-state index in [4.69, 9.17) is 5.73 Å². The first-order valence-electron chi connectivity index (χ1n) is 4.35. The van der Waals surface area contributed by atoms with Gasteiger partial charge in [-0.15, -0.1) is 0 Å². The summed E-state index contributed by atoms with van der Waals surface area (Å²) in [6, 6.07) is 4.46. The van der Waals surface area contributed by atoms with E-state index in [1.165, 1.54) is 13.2 Å². The van der Waals surface area contributed by atoms with Crippen LogP contribution in [-0.2, 0) is 9.53 Å². The van der Waals surface area contributed by atoms with Crippen LogP contribution in [0.3, 0.4) is 0 Å². The van der Waals surface area contributed by atoms with Crippen molar-refractivity contribution in [2.75, 3.05) is 7.11 Å². The zero-order chi connectivity index (χ0) is 11.4. The molecule has 0 aromatic heterocycles. The van der Waals surface area contributed by atoms with Crippen LogP contribution in [0.5, 0.6) is 5.75 Å². The van der Waals surface area contributed by atoms with Crippen molar-refractivity contribution in [3.63, 3.8) is 0 Å². The fourth-order valence-corrected chi connectivity index (χ4v) is 1.53. The van der Waals surface area contributed by atoms with Crippen molar-refractivity contribution in [1.29, 1.82) is 0 Å². The number of benzene rings is 1. The number of nitrogens with two attached hydrogens (primary N) is 1. The third-order valence-corrected chi connectivity index (χ3v) is 2.65. The highest BCUT2D eigenvalue weighted by Crippen LogP contribution is 2.27. The molecule has 1 rings (SSSR count). The van der Waals surface area contributed by atoms with Gasteiger partial charge in [0, 0.05) is 6.04 Å². The number of aromatic hydroxyl groups is 1. The number of hydrogen-bond donors (Lipinski definition) is 2. The van der Waals surface area contributed by atoms with Crippen LogP contribution in [0.4, 0.5) is 0 Å². The van der Waals surface area contributed by atoms with E-state index in [0.717, 1.165) is 5.56 Å². The second-order valence-electron chi connectivity index (χ2n) is 3.10. The molecular weight excluding hydrogens is 262 g/mol. The average molecular weight is 274 g/mol. The van der Waals surface area contributed by atoms with Crippen LogP contribution in [0.1, 0.15) is 18.0 Å². The molecule has 3 N–H and O–H groups in total. The Labute approximate surface area is 96.2 Å². The zero-order valence-electron chi connectivity index (χ0n) is 8.24. The molecule has 82 valence electrons. The second kappa shape index (κ2) is 5.14. The van der Waals surface area contributed by atoms with E-state index >= 15 is 0 Å². The molecule has 0 aliphatic rings. The number of esters is 1. The Morgan fingerprint density at radius 2 is 2.33 bits per heavy atom. The van der Waals surface area contributed by atoms with Gasteiger partial charge < -0.3 is 15.6 Å². The van der Waals surface area contributed by atoms with Crippen LogP contribution in [-0.4, -0.2) is 18.2 Å². The molecular formula is C10H12BrNO3. The van der Waals surface area contributed by atoms with Crippen molar-refractivity contribution in [2.45, 2.75) is 12.5 Å². The van der Waals surface area contributed by atoms with Gasteiger partial charge in [-0.3, -0.25) is 4.79 Å². The Morgan fingerprint density at radius 1 is 1.67 bits per heavy atom. The molecule has 0 unspecified atom stereocenters. The number of carbonyl (C=O) groups is 1. The normalized spacial score (nSPS) is 12.2. The number of phenols is 1. The van der Waals surface area contributed by atoms with Gasteiger partial charge in [0.2, 0.25) is 0 Å². The molecule has 5 heteroatoms. The van der Waals surface area contributed by atoms with E-state index in [9.17, 15) is 9.90 Å². The molecule has 0 fully saturated rings. The Balaban J connectivity index is 2.78. The number of carbonyl (C=O) groups excluding carboxylic acids is 1.